The molecule has 0 fully saturated rings. The molecule has 6 nitrogen and oxygen atoms in total. The largest absolute Gasteiger partial charge is 0.504 e. The lowest BCUT2D eigenvalue weighted by Gasteiger charge is -2.13. The average Bonchev–Trinajstić information content (AvgIpc) is 2.70. The number of phenols is 1. The molecule has 2 aromatic carbocycles. The van der Waals surface area contributed by atoms with E-state index >= 15 is 0 Å². The van der Waals surface area contributed by atoms with Gasteiger partial charge >= 0.3 is 12.2 Å². The van der Waals surface area contributed by atoms with Crippen molar-refractivity contribution in [1.29, 1.82) is 0 Å². The number of anilines is 1. The van der Waals surface area contributed by atoms with Crippen molar-refractivity contribution in [2.45, 2.75) is 6.18 Å². The van der Waals surface area contributed by atoms with Crippen molar-refractivity contribution in [3.63, 3.8) is 0 Å². The van der Waals surface area contributed by atoms with Crippen molar-refractivity contribution in [3.8, 4) is 17.0 Å². The molecule has 32 heavy (non-hydrogen) atoms. The summed E-state index contributed by atoms with van der Waals surface area (Å²) in [5.74, 6) is -1.37. The molecule has 3 aromatic rings. The molecule has 0 radical (unpaired) electrons. The Kier molecular flexibility index (Phi) is 6.82. The van der Waals surface area contributed by atoms with Crippen LogP contribution in [0.3, 0.4) is 0 Å². The van der Waals surface area contributed by atoms with E-state index in [9.17, 15) is 27.9 Å². The first-order chi connectivity index (χ1) is 15.0. The number of rotatable bonds is 3. The zero-order valence-corrected chi connectivity index (χ0v) is 17.9. The van der Waals surface area contributed by atoms with Gasteiger partial charge in [0.15, 0.2) is 5.75 Å². The minimum atomic E-state index is -4.68. The number of pyridine rings is 1. The van der Waals surface area contributed by atoms with Crippen molar-refractivity contribution in [2.24, 2.45) is 0 Å². The van der Waals surface area contributed by atoms with Crippen molar-refractivity contribution in [1.82, 2.24) is 10.3 Å². The summed E-state index contributed by atoms with van der Waals surface area (Å²) >= 11 is 17.6. The van der Waals surface area contributed by atoms with E-state index in [0.29, 0.717) is 0 Å². The molecule has 3 rings (SSSR count). The number of hydrogen-bond donors (Lipinski definition) is 3. The van der Waals surface area contributed by atoms with Gasteiger partial charge in [0.05, 0.1) is 32.6 Å². The summed E-state index contributed by atoms with van der Waals surface area (Å²) in [5.41, 5.74) is -1.19. The summed E-state index contributed by atoms with van der Waals surface area (Å²) < 4.78 is 38.6. The highest BCUT2D eigenvalue weighted by Gasteiger charge is 2.34. The van der Waals surface area contributed by atoms with Gasteiger partial charge in [0, 0.05) is 5.56 Å². The van der Waals surface area contributed by atoms with E-state index in [-0.39, 0.29) is 32.6 Å². The number of carbonyl (C=O) groups is 2. The van der Waals surface area contributed by atoms with E-state index < -0.39 is 34.6 Å². The van der Waals surface area contributed by atoms with Crippen LogP contribution < -0.4 is 10.6 Å². The van der Waals surface area contributed by atoms with Gasteiger partial charge in [0.1, 0.15) is 5.15 Å². The summed E-state index contributed by atoms with van der Waals surface area (Å²) in [6, 6.07) is 9.38. The molecule has 1 aromatic heterocycles. The van der Waals surface area contributed by atoms with Crippen molar-refractivity contribution in [3.05, 3.63) is 74.9 Å². The Balaban J connectivity index is 1.80. The van der Waals surface area contributed by atoms with Gasteiger partial charge in [-0.15, -0.1) is 0 Å². The predicted octanol–water partition coefficient (Wildman–Crippen LogP) is 6.40. The number of amides is 3. The van der Waals surface area contributed by atoms with E-state index in [1.54, 1.807) is 12.1 Å². The summed E-state index contributed by atoms with van der Waals surface area (Å²) in [6.45, 7) is 0. The average molecular weight is 505 g/mol. The van der Waals surface area contributed by atoms with Crippen LogP contribution in [0.15, 0.2) is 48.5 Å². The van der Waals surface area contributed by atoms with Crippen LogP contribution in [0, 0.1) is 0 Å². The number of halogens is 6. The number of urea groups is 1. The Bertz CT molecular complexity index is 1220. The molecule has 0 aliphatic carbocycles. The molecule has 1 heterocycles. The van der Waals surface area contributed by atoms with Crippen LogP contribution in [-0.2, 0) is 6.18 Å². The second-order valence-corrected chi connectivity index (χ2v) is 7.39. The van der Waals surface area contributed by atoms with E-state index in [1.807, 2.05) is 5.32 Å². The molecule has 0 saturated heterocycles. The number of imide groups is 1. The molecule has 0 bridgehead atoms. The number of phenolic OH excluding ortho intramolecular Hbond substituents is 1. The van der Waals surface area contributed by atoms with E-state index in [2.05, 4.69) is 10.3 Å². The normalized spacial score (nSPS) is 11.2. The number of nitrogens with one attached hydrogen (secondary N) is 2. The summed E-state index contributed by atoms with van der Waals surface area (Å²) in [4.78, 5) is 27.9. The van der Waals surface area contributed by atoms with Crippen LogP contribution >= 0.6 is 34.8 Å². The predicted molar refractivity (Wildman–Crippen MR) is 114 cm³/mol. The van der Waals surface area contributed by atoms with Gasteiger partial charge in [0.2, 0.25) is 0 Å². The molecule has 0 unspecified atom stereocenters. The number of benzene rings is 2. The highest BCUT2D eigenvalue weighted by molar-refractivity contribution is 6.36. The maximum Gasteiger partial charge on any atom is 0.419 e. The number of alkyl halides is 3. The molecule has 0 aliphatic rings. The van der Waals surface area contributed by atoms with Crippen molar-refractivity contribution in [2.75, 3.05) is 5.32 Å². The highest BCUT2D eigenvalue weighted by Crippen LogP contribution is 2.41. The SMILES string of the molecule is O=C(NC(=O)c1ccccc1Cl)Nc1ccc(-c2ccc(C(F)(F)F)c(Cl)n2)c(Cl)c1O. The third-order valence-electron chi connectivity index (χ3n) is 4.14. The molecule has 166 valence electrons. The van der Waals surface area contributed by atoms with E-state index in [1.165, 1.54) is 24.3 Å². The van der Waals surface area contributed by atoms with Crippen LogP contribution in [0.4, 0.5) is 23.7 Å². The van der Waals surface area contributed by atoms with Gasteiger partial charge < -0.3 is 10.4 Å². The molecule has 3 amide bonds. The smallest absolute Gasteiger partial charge is 0.419 e. The molecule has 3 N–H and O–H groups in total. The zero-order chi connectivity index (χ0) is 23.6. The van der Waals surface area contributed by atoms with Gasteiger partial charge in [-0.2, -0.15) is 13.2 Å². The Labute approximate surface area is 193 Å². The highest BCUT2D eigenvalue weighted by atomic mass is 35.5. The maximum absolute atomic E-state index is 12.9. The summed E-state index contributed by atoms with van der Waals surface area (Å²) in [6.07, 6.45) is -4.68. The maximum atomic E-state index is 12.9. The Morgan fingerprint density at radius 1 is 0.969 bits per heavy atom. The van der Waals surface area contributed by atoms with Crippen LogP contribution in [0.5, 0.6) is 5.75 Å². The fourth-order valence-corrected chi connectivity index (χ4v) is 3.37. The van der Waals surface area contributed by atoms with Gasteiger partial charge in [-0.05, 0) is 36.4 Å². The third kappa shape index (κ3) is 5.07. The van der Waals surface area contributed by atoms with E-state index in [4.69, 9.17) is 34.8 Å². The monoisotopic (exact) mass is 503 g/mol. The minimum absolute atomic E-state index is 0.0341. The third-order valence-corrected chi connectivity index (χ3v) is 5.14. The van der Waals surface area contributed by atoms with Gasteiger partial charge in [-0.3, -0.25) is 10.1 Å². The molecule has 0 spiro atoms. The Morgan fingerprint density at radius 3 is 2.28 bits per heavy atom. The number of aromatic hydroxyl groups is 1. The van der Waals surface area contributed by atoms with Crippen LogP contribution in [-0.4, -0.2) is 22.0 Å². The Hall–Kier alpha value is -3.01. The second-order valence-electron chi connectivity index (χ2n) is 6.24. The zero-order valence-electron chi connectivity index (χ0n) is 15.6. The lowest BCUT2D eigenvalue weighted by atomic mass is 10.1. The van der Waals surface area contributed by atoms with Crippen LogP contribution in [0.1, 0.15) is 15.9 Å². The molecule has 0 atom stereocenters. The molecule has 0 aliphatic heterocycles. The van der Waals surface area contributed by atoms with Crippen molar-refractivity contribution < 1.29 is 27.9 Å². The minimum Gasteiger partial charge on any atom is -0.504 e. The Morgan fingerprint density at radius 2 is 1.66 bits per heavy atom. The molecule has 12 heteroatoms. The summed E-state index contributed by atoms with van der Waals surface area (Å²) in [7, 11) is 0. The van der Waals surface area contributed by atoms with Crippen LogP contribution in [0.25, 0.3) is 11.3 Å². The number of aromatic nitrogens is 1. The lowest BCUT2D eigenvalue weighted by molar-refractivity contribution is -0.137. The van der Waals surface area contributed by atoms with Crippen LogP contribution in [0.2, 0.25) is 15.2 Å². The second kappa shape index (κ2) is 9.23. The fourth-order valence-electron chi connectivity index (χ4n) is 2.63. The number of hydrogen-bond acceptors (Lipinski definition) is 4. The topological polar surface area (TPSA) is 91.3 Å². The first-order valence-corrected chi connectivity index (χ1v) is 9.75. The molecule has 0 saturated carbocycles. The van der Waals surface area contributed by atoms with E-state index in [0.717, 1.165) is 12.1 Å². The van der Waals surface area contributed by atoms with Gasteiger partial charge in [-0.25, -0.2) is 9.78 Å². The number of nitrogens with zero attached hydrogens (tertiary/aromatic N) is 1. The molecular formula is C20H11Cl3F3N3O3. The quantitative estimate of drug-likeness (QED) is 0.284. The fraction of sp³-hybridized carbons (Fsp3) is 0.0500. The number of carbonyl (C=O) groups excluding carboxylic acids is 2. The van der Waals surface area contributed by atoms with Gasteiger partial charge in [0.25, 0.3) is 5.91 Å². The molecular weight excluding hydrogens is 494 g/mol. The first-order valence-electron chi connectivity index (χ1n) is 8.61. The standard InChI is InChI=1S/C20H11Cl3F3N3O3/c21-12-4-2-1-3-9(12)18(31)29-19(32)28-14-7-5-10(15(22)16(14)30)13-8-6-11(17(23)27-13)20(24,25)26/h1-8,30H,(H2,28,29,31,32). The summed E-state index contributed by atoms with van der Waals surface area (Å²) in [5, 5.41) is 13.7. The lowest BCUT2D eigenvalue weighted by Crippen LogP contribution is -2.34. The van der Waals surface area contributed by atoms with Crippen molar-refractivity contribution >= 4 is 52.4 Å². The first kappa shape index (κ1) is 23.6. The van der Waals surface area contributed by atoms with Gasteiger partial charge in [-0.1, -0.05) is 46.9 Å².